The number of aryl methyl sites for hydroxylation is 1. The molecule has 3 aromatic carbocycles. The molecule has 0 fully saturated rings. The largest absolute Gasteiger partial charge is 0.494 e. The number of halogens is 2. The minimum atomic E-state index is -1.03. The zero-order valence-corrected chi connectivity index (χ0v) is 20.9. The van der Waals surface area contributed by atoms with Gasteiger partial charge in [0, 0.05) is 11.1 Å². The average Bonchev–Trinajstić information content (AvgIpc) is 3.25. The summed E-state index contributed by atoms with van der Waals surface area (Å²) < 4.78 is 6.66. The highest BCUT2D eigenvalue weighted by Gasteiger charge is 2.23. The van der Waals surface area contributed by atoms with E-state index in [9.17, 15) is 14.4 Å². The first-order valence-corrected chi connectivity index (χ1v) is 11.7. The Bertz CT molecular complexity index is 1470. The maximum Gasteiger partial charge on any atom is 0.328 e. The first-order valence-electron chi connectivity index (χ1n) is 11.0. The standard InChI is InChI=1S/C26H22Cl2N4O4/c1-3-15-10-12-17(13-11-15)29-24(33)20-14-16-6-4-9-21(36-2)23(16)32(20)31-26(35)25(34)30-19-8-5-7-18(27)22(19)28/h4-14H,3H2,1-2H3,(H,29,33)(H,30,34)(H,31,35). The van der Waals surface area contributed by atoms with E-state index in [2.05, 4.69) is 16.1 Å². The summed E-state index contributed by atoms with van der Waals surface area (Å²) in [6, 6.07) is 18.9. The summed E-state index contributed by atoms with van der Waals surface area (Å²) in [6.45, 7) is 2.04. The third-order valence-corrected chi connectivity index (χ3v) is 6.30. The smallest absolute Gasteiger partial charge is 0.328 e. The molecule has 0 saturated heterocycles. The maximum atomic E-state index is 13.2. The third kappa shape index (κ3) is 5.15. The monoisotopic (exact) mass is 524 g/mol. The van der Waals surface area contributed by atoms with Crippen LogP contribution in [0.15, 0.2) is 66.7 Å². The van der Waals surface area contributed by atoms with Crippen molar-refractivity contribution in [1.29, 1.82) is 0 Å². The molecule has 0 atom stereocenters. The molecule has 1 heterocycles. The van der Waals surface area contributed by atoms with Gasteiger partial charge in [-0.05, 0) is 48.4 Å². The number of fused-ring (bicyclic) bond motifs is 1. The number of methoxy groups -OCH3 is 1. The molecular formula is C26H22Cl2N4O4. The Hall–Kier alpha value is -4.01. The highest BCUT2D eigenvalue weighted by Crippen LogP contribution is 2.30. The van der Waals surface area contributed by atoms with E-state index in [1.54, 1.807) is 48.5 Å². The average molecular weight is 525 g/mol. The second-order valence-electron chi connectivity index (χ2n) is 7.76. The molecule has 0 unspecified atom stereocenters. The van der Waals surface area contributed by atoms with Crippen molar-refractivity contribution in [3.63, 3.8) is 0 Å². The number of hydrogen-bond donors (Lipinski definition) is 3. The van der Waals surface area contributed by atoms with Gasteiger partial charge in [-0.2, -0.15) is 0 Å². The van der Waals surface area contributed by atoms with Crippen molar-refractivity contribution in [3.8, 4) is 5.75 Å². The molecule has 0 aliphatic heterocycles. The van der Waals surface area contributed by atoms with Gasteiger partial charge in [0.25, 0.3) is 5.91 Å². The van der Waals surface area contributed by atoms with Crippen LogP contribution in [0.3, 0.4) is 0 Å². The van der Waals surface area contributed by atoms with Crippen molar-refractivity contribution >= 4 is 63.2 Å². The normalized spacial score (nSPS) is 10.7. The number of nitrogens with zero attached hydrogens (tertiary/aromatic N) is 1. The van der Waals surface area contributed by atoms with Crippen molar-refractivity contribution in [1.82, 2.24) is 4.68 Å². The van der Waals surface area contributed by atoms with Crippen LogP contribution in [-0.2, 0) is 16.0 Å². The summed E-state index contributed by atoms with van der Waals surface area (Å²) >= 11 is 12.1. The van der Waals surface area contributed by atoms with E-state index in [1.807, 2.05) is 19.1 Å². The number of nitrogens with one attached hydrogen (secondary N) is 3. The van der Waals surface area contributed by atoms with Crippen LogP contribution in [0.4, 0.5) is 11.4 Å². The van der Waals surface area contributed by atoms with Crippen molar-refractivity contribution in [2.75, 3.05) is 23.2 Å². The van der Waals surface area contributed by atoms with Gasteiger partial charge in [-0.3, -0.25) is 19.8 Å². The molecule has 184 valence electrons. The molecule has 4 aromatic rings. The van der Waals surface area contributed by atoms with Crippen LogP contribution in [0.25, 0.3) is 10.9 Å². The molecule has 0 aliphatic carbocycles. The van der Waals surface area contributed by atoms with E-state index >= 15 is 0 Å². The molecule has 3 amide bonds. The predicted molar refractivity (Wildman–Crippen MR) is 142 cm³/mol. The van der Waals surface area contributed by atoms with Gasteiger partial charge in [-0.1, -0.05) is 60.5 Å². The maximum absolute atomic E-state index is 13.2. The Morgan fingerprint density at radius 2 is 1.64 bits per heavy atom. The fourth-order valence-electron chi connectivity index (χ4n) is 3.63. The minimum absolute atomic E-state index is 0.0935. The number of rotatable bonds is 6. The summed E-state index contributed by atoms with van der Waals surface area (Å²) in [5, 5.41) is 6.19. The molecule has 0 radical (unpaired) electrons. The molecule has 8 nitrogen and oxygen atoms in total. The lowest BCUT2D eigenvalue weighted by molar-refractivity contribution is -0.133. The fourth-order valence-corrected chi connectivity index (χ4v) is 3.97. The van der Waals surface area contributed by atoms with Crippen LogP contribution in [0.1, 0.15) is 23.0 Å². The molecule has 0 spiro atoms. The summed E-state index contributed by atoms with van der Waals surface area (Å²) in [6.07, 6.45) is 0.872. The van der Waals surface area contributed by atoms with E-state index in [0.717, 1.165) is 12.0 Å². The highest BCUT2D eigenvalue weighted by molar-refractivity contribution is 6.46. The lowest BCUT2D eigenvalue weighted by atomic mass is 10.1. The van der Waals surface area contributed by atoms with Crippen LogP contribution in [-0.4, -0.2) is 29.5 Å². The second kappa shape index (κ2) is 10.7. The predicted octanol–water partition coefficient (Wildman–Crippen LogP) is 5.48. The van der Waals surface area contributed by atoms with E-state index in [4.69, 9.17) is 27.9 Å². The third-order valence-electron chi connectivity index (χ3n) is 5.48. The number of carbonyl (C=O) groups is 3. The van der Waals surface area contributed by atoms with Gasteiger partial charge in [-0.25, -0.2) is 4.68 Å². The lowest BCUT2D eigenvalue weighted by Crippen LogP contribution is -2.36. The SMILES string of the molecule is CCc1ccc(NC(=O)c2cc3cccc(OC)c3n2NC(=O)C(=O)Nc2cccc(Cl)c2Cl)cc1. The van der Waals surface area contributed by atoms with Crippen LogP contribution in [0.5, 0.6) is 5.75 Å². The Kier molecular flexibility index (Phi) is 7.47. The Balaban J connectivity index is 1.66. The second-order valence-corrected chi connectivity index (χ2v) is 8.55. The molecular weight excluding hydrogens is 503 g/mol. The molecule has 1 aromatic heterocycles. The lowest BCUT2D eigenvalue weighted by Gasteiger charge is -2.14. The highest BCUT2D eigenvalue weighted by atomic mass is 35.5. The fraction of sp³-hybridized carbons (Fsp3) is 0.115. The quantitative estimate of drug-likeness (QED) is 0.290. The van der Waals surface area contributed by atoms with Gasteiger partial charge < -0.3 is 15.4 Å². The van der Waals surface area contributed by atoms with Crippen molar-refractivity contribution < 1.29 is 19.1 Å². The molecule has 10 heteroatoms. The van der Waals surface area contributed by atoms with Crippen LogP contribution < -0.4 is 20.8 Å². The molecule has 0 saturated carbocycles. The summed E-state index contributed by atoms with van der Waals surface area (Å²) in [4.78, 5) is 38.7. The number of para-hydroxylation sites is 1. The number of amides is 3. The Morgan fingerprint density at radius 3 is 2.33 bits per heavy atom. The van der Waals surface area contributed by atoms with Gasteiger partial charge in [0.15, 0.2) is 0 Å². The number of aromatic nitrogens is 1. The van der Waals surface area contributed by atoms with Gasteiger partial charge in [0.05, 0.1) is 22.8 Å². The van der Waals surface area contributed by atoms with Crippen molar-refractivity contribution in [2.45, 2.75) is 13.3 Å². The van der Waals surface area contributed by atoms with E-state index in [-0.39, 0.29) is 21.4 Å². The molecule has 36 heavy (non-hydrogen) atoms. The van der Waals surface area contributed by atoms with Gasteiger partial charge in [-0.15, -0.1) is 0 Å². The number of carbonyl (C=O) groups excluding carboxylic acids is 3. The number of benzene rings is 3. The van der Waals surface area contributed by atoms with Gasteiger partial charge in [0.1, 0.15) is 17.0 Å². The van der Waals surface area contributed by atoms with Crippen LogP contribution >= 0.6 is 23.2 Å². The first-order chi connectivity index (χ1) is 17.3. The summed E-state index contributed by atoms with van der Waals surface area (Å²) in [5.41, 5.74) is 4.89. The van der Waals surface area contributed by atoms with Crippen LogP contribution in [0.2, 0.25) is 10.0 Å². The molecule has 3 N–H and O–H groups in total. The van der Waals surface area contributed by atoms with E-state index < -0.39 is 17.7 Å². The van der Waals surface area contributed by atoms with Crippen molar-refractivity contribution in [3.05, 3.63) is 88.0 Å². The summed E-state index contributed by atoms with van der Waals surface area (Å²) in [5.74, 6) is -2.12. The van der Waals surface area contributed by atoms with Crippen molar-refractivity contribution in [2.24, 2.45) is 0 Å². The number of anilines is 2. The number of ether oxygens (including phenoxy) is 1. The van der Waals surface area contributed by atoms with E-state index in [0.29, 0.717) is 22.3 Å². The number of hydrogen-bond acceptors (Lipinski definition) is 4. The zero-order valence-electron chi connectivity index (χ0n) is 19.4. The van der Waals surface area contributed by atoms with E-state index in [1.165, 1.54) is 17.9 Å². The first kappa shape index (κ1) is 25.1. The minimum Gasteiger partial charge on any atom is -0.494 e. The topological polar surface area (TPSA) is 101 Å². The van der Waals surface area contributed by atoms with Gasteiger partial charge in [0.2, 0.25) is 0 Å². The molecule has 4 rings (SSSR count). The van der Waals surface area contributed by atoms with Gasteiger partial charge >= 0.3 is 11.8 Å². The molecule has 0 bridgehead atoms. The van der Waals surface area contributed by atoms with Crippen LogP contribution in [0, 0.1) is 0 Å². The molecule has 0 aliphatic rings. The summed E-state index contributed by atoms with van der Waals surface area (Å²) in [7, 11) is 1.47. The Labute approximate surface area is 217 Å². The Morgan fingerprint density at radius 1 is 0.917 bits per heavy atom. The zero-order chi connectivity index (χ0) is 25.8.